The molecule has 122 valence electrons. The van der Waals surface area contributed by atoms with Gasteiger partial charge >= 0.3 is 0 Å². The molecule has 0 aromatic heterocycles. The highest BCUT2D eigenvalue weighted by Crippen LogP contribution is 2.62. The van der Waals surface area contributed by atoms with Crippen molar-refractivity contribution < 1.29 is 4.79 Å². The predicted octanol–water partition coefficient (Wildman–Crippen LogP) is 5.08. The SMILES string of the molecule is CC#C[C@@H]1CC[C@H]2[C@@H]3CCC4=CC(=O)[C@@H](C)CC4=C3CC[C@]12C. The van der Waals surface area contributed by atoms with E-state index in [2.05, 4.69) is 25.7 Å². The van der Waals surface area contributed by atoms with Gasteiger partial charge in [0.25, 0.3) is 0 Å². The van der Waals surface area contributed by atoms with Gasteiger partial charge in [0.15, 0.2) is 5.78 Å². The van der Waals surface area contributed by atoms with Crippen molar-refractivity contribution in [3.05, 3.63) is 22.8 Å². The van der Waals surface area contributed by atoms with E-state index >= 15 is 0 Å². The molecule has 0 heterocycles. The lowest BCUT2D eigenvalue weighted by atomic mass is 9.56. The molecule has 2 fully saturated rings. The highest BCUT2D eigenvalue weighted by molar-refractivity contribution is 5.94. The minimum absolute atomic E-state index is 0.190. The van der Waals surface area contributed by atoms with Gasteiger partial charge in [-0.25, -0.2) is 0 Å². The minimum Gasteiger partial charge on any atom is -0.295 e. The van der Waals surface area contributed by atoms with Gasteiger partial charge in [0.1, 0.15) is 0 Å². The van der Waals surface area contributed by atoms with Crippen molar-refractivity contribution in [1.82, 2.24) is 0 Å². The van der Waals surface area contributed by atoms with Gasteiger partial charge in [0, 0.05) is 11.8 Å². The molecule has 5 atom stereocenters. The first-order valence-electron chi connectivity index (χ1n) is 9.43. The third kappa shape index (κ3) is 2.18. The van der Waals surface area contributed by atoms with Crippen molar-refractivity contribution >= 4 is 5.78 Å². The van der Waals surface area contributed by atoms with Gasteiger partial charge in [-0.1, -0.05) is 25.3 Å². The summed E-state index contributed by atoms with van der Waals surface area (Å²) in [6.45, 7) is 6.60. The quantitative estimate of drug-likeness (QED) is 0.570. The highest BCUT2D eigenvalue weighted by atomic mass is 16.1. The van der Waals surface area contributed by atoms with Gasteiger partial charge in [-0.2, -0.15) is 0 Å². The van der Waals surface area contributed by atoms with E-state index in [0.717, 1.165) is 24.7 Å². The average molecular weight is 308 g/mol. The summed E-state index contributed by atoms with van der Waals surface area (Å²) < 4.78 is 0. The third-order valence-corrected chi connectivity index (χ3v) is 7.41. The molecule has 0 amide bonds. The Kier molecular flexibility index (Phi) is 3.56. The fourth-order valence-corrected chi connectivity index (χ4v) is 6.09. The summed E-state index contributed by atoms with van der Waals surface area (Å²) in [5.41, 5.74) is 5.12. The van der Waals surface area contributed by atoms with Gasteiger partial charge in [-0.15, -0.1) is 5.92 Å². The van der Waals surface area contributed by atoms with E-state index in [-0.39, 0.29) is 5.92 Å². The summed E-state index contributed by atoms with van der Waals surface area (Å²) in [7, 11) is 0. The number of rotatable bonds is 0. The lowest BCUT2D eigenvalue weighted by Gasteiger charge is -2.48. The molecule has 1 nitrogen and oxygen atoms in total. The summed E-state index contributed by atoms with van der Waals surface area (Å²) in [5, 5.41) is 0. The van der Waals surface area contributed by atoms with Gasteiger partial charge in [0.2, 0.25) is 0 Å². The third-order valence-electron chi connectivity index (χ3n) is 7.41. The van der Waals surface area contributed by atoms with Crippen LogP contribution in [0.25, 0.3) is 0 Å². The van der Waals surface area contributed by atoms with Crippen LogP contribution < -0.4 is 0 Å². The number of fused-ring (bicyclic) bond motifs is 4. The molecule has 0 aliphatic heterocycles. The lowest BCUT2D eigenvalue weighted by Crippen LogP contribution is -2.40. The van der Waals surface area contributed by atoms with E-state index in [1.807, 2.05) is 13.0 Å². The summed E-state index contributed by atoms with van der Waals surface area (Å²) in [5.74, 6) is 9.45. The second-order valence-electron chi connectivity index (χ2n) is 8.46. The Bertz CT molecular complexity index is 668. The zero-order valence-electron chi connectivity index (χ0n) is 14.7. The molecule has 0 aromatic rings. The Morgan fingerprint density at radius 1 is 1.22 bits per heavy atom. The molecule has 4 rings (SSSR count). The molecule has 1 heteroatoms. The van der Waals surface area contributed by atoms with Gasteiger partial charge in [-0.05, 0) is 86.3 Å². The van der Waals surface area contributed by atoms with Gasteiger partial charge in [-0.3, -0.25) is 4.79 Å². The van der Waals surface area contributed by atoms with Crippen LogP contribution in [0.2, 0.25) is 0 Å². The molecule has 0 bridgehead atoms. The molecule has 2 saturated carbocycles. The number of carbonyl (C=O) groups is 1. The zero-order valence-corrected chi connectivity index (χ0v) is 14.7. The minimum atomic E-state index is 0.190. The number of allylic oxidation sites excluding steroid dienone is 4. The Morgan fingerprint density at radius 3 is 2.83 bits per heavy atom. The predicted molar refractivity (Wildman–Crippen MR) is 93.6 cm³/mol. The molecule has 4 aliphatic carbocycles. The van der Waals surface area contributed by atoms with Crippen LogP contribution in [0.1, 0.15) is 65.7 Å². The van der Waals surface area contributed by atoms with Crippen LogP contribution in [-0.2, 0) is 4.79 Å². The number of hydrogen-bond acceptors (Lipinski definition) is 1. The highest BCUT2D eigenvalue weighted by Gasteiger charge is 2.53. The Balaban J connectivity index is 1.72. The molecule has 0 radical (unpaired) electrons. The summed E-state index contributed by atoms with van der Waals surface area (Å²) in [6.07, 6.45) is 10.5. The van der Waals surface area contributed by atoms with Crippen LogP contribution in [0.5, 0.6) is 0 Å². The number of hydrogen-bond donors (Lipinski definition) is 0. The molecule has 0 aromatic carbocycles. The van der Waals surface area contributed by atoms with Crippen LogP contribution in [0.4, 0.5) is 0 Å². The molecular formula is C22H28O. The maximum atomic E-state index is 12.0. The Hall–Kier alpha value is -1.29. The maximum Gasteiger partial charge on any atom is 0.159 e. The molecule has 0 spiro atoms. The van der Waals surface area contributed by atoms with E-state index in [1.54, 1.807) is 11.1 Å². The Labute approximate surface area is 140 Å². The van der Waals surface area contributed by atoms with Gasteiger partial charge < -0.3 is 0 Å². The second kappa shape index (κ2) is 5.37. The Morgan fingerprint density at radius 2 is 2.04 bits per heavy atom. The number of carbonyl (C=O) groups excluding carboxylic acids is 1. The zero-order chi connectivity index (χ0) is 16.2. The summed E-state index contributed by atoms with van der Waals surface area (Å²) in [6, 6.07) is 0. The van der Waals surface area contributed by atoms with Crippen molar-refractivity contribution in [2.45, 2.75) is 65.7 Å². The van der Waals surface area contributed by atoms with Crippen LogP contribution in [-0.4, -0.2) is 5.78 Å². The molecule has 23 heavy (non-hydrogen) atoms. The normalized spacial score (nSPS) is 42.2. The molecular weight excluding hydrogens is 280 g/mol. The van der Waals surface area contributed by atoms with Gasteiger partial charge in [0.05, 0.1) is 0 Å². The van der Waals surface area contributed by atoms with E-state index < -0.39 is 0 Å². The average Bonchev–Trinajstić information content (AvgIpc) is 2.86. The topological polar surface area (TPSA) is 17.1 Å². The van der Waals surface area contributed by atoms with Crippen LogP contribution in [0.3, 0.4) is 0 Å². The summed E-state index contributed by atoms with van der Waals surface area (Å²) >= 11 is 0. The molecule has 0 unspecified atom stereocenters. The second-order valence-corrected chi connectivity index (χ2v) is 8.46. The van der Waals surface area contributed by atoms with Crippen molar-refractivity contribution in [2.75, 3.05) is 0 Å². The lowest BCUT2D eigenvalue weighted by molar-refractivity contribution is -0.118. The first-order valence-corrected chi connectivity index (χ1v) is 9.43. The van der Waals surface area contributed by atoms with Crippen molar-refractivity contribution in [1.29, 1.82) is 0 Å². The molecule has 0 saturated heterocycles. The number of ketones is 1. The molecule has 0 N–H and O–H groups in total. The monoisotopic (exact) mass is 308 g/mol. The summed E-state index contributed by atoms with van der Waals surface area (Å²) in [4.78, 5) is 12.0. The maximum absolute atomic E-state index is 12.0. The fourth-order valence-electron chi connectivity index (χ4n) is 6.09. The first kappa shape index (κ1) is 15.3. The molecule has 4 aliphatic rings. The fraction of sp³-hybridized carbons (Fsp3) is 0.682. The van der Waals surface area contributed by atoms with Crippen LogP contribution in [0, 0.1) is 40.9 Å². The first-order chi connectivity index (χ1) is 11.0. The van der Waals surface area contributed by atoms with Crippen LogP contribution in [0.15, 0.2) is 22.8 Å². The van der Waals surface area contributed by atoms with E-state index in [1.165, 1.54) is 37.7 Å². The largest absolute Gasteiger partial charge is 0.295 e. The van der Waals surface area contributed by atoms with Crippen molar-refractivity contribution in [3.8, 4) is 11.8 Å². The van der Waals surface area contributed by atoms with E-state index in [0.29, 0.717) is 17.1 Å². The standard InChI is InChI=1S/C22H28O/c1-4-5-16-7-9-20-18-8-6-15-13-21(23)14(2)12-19(15)17(18)10-11-22(16,20)3/h13-14,16,18,20H,6-12H2,1-3H3/t14-,16+,18+,20-,22+/m0/s1. The van der Waals surface area contributed by atoms with Crippen molar-refractivity contribution in [3.63, 3.8) is 0 Å². The van der Waals surface area contributed by atoms with Crippen LogP contribution >= 0.6 is 0 Å². The van der Waals surface area contributed by atoms with E-state index in [9.17, 15) is 4.79 Å². The van der Waals surface area contributed by atoms with E-state index in [4.69, 9.17) is 0 Å². The smallest absolute Gasteiger partial charge is 0.159 e. The van der Waals surface area contributed by atoms with Crippen molar-refractivity contribution in [2.24, 2.45) is 29.1 Å².